The summed E-state index contributed by atoms with van der Waals surface area (Å²) in [5.74, 6) is 1.80. The second-order valence-electron chi connectivity index (χ2n) is 7.97. The Labute approximate surface area is 199 Å². The summed E-state index contributed by atoms with van der Waals surface area (Å²) < 4.78 is 16.5. The van der Waals surface area contributed by atoms with Crippen LogP contribution >= 0.6 is 0 Å². The first-order chi connectivity index (χ1) is 16.6. The van der Waals surface area contributed by atoms with Gasteiger partial charge in [0.05, 0.1) is 25.4 Å². The minimum Gasteiger partial charge on any atom is -0.493 e. The molecule has 6 nitrogen and oxygen atoms in total. The van der Waals surface area contributed by atoms with Crippen molar-refractivity contribution in [3.05, 3.63) is 83.9 Å². The fourth-order valence-corrected chi connectivity index (χ4v) is 3.71. The highest BCUT2D eigenvalue weighted by Gasteiger charge is 2.11. The second-order valence-corrected chi connectivity index (χ2v) is 7.97. The van der Waals surface area contributed by atoms with Gasteiger partial charge in [0, 0.05) is 23.6 Å². The van der Waals surface area contributed by atoms with E-state index in [1.54, 1.807) is 14.2 Å². The molecular formula is C28H28N2O4. The molecule has 1 heterocycles. The molecular weight excluding hydrogens is 428 g/mol. The van der Waals surface area contributed by atoms with Gasteiger partial charge in [-0.2, -0.15) is 0 Å². The van der Waals surface area contributed by atoms with Gasteiger partial charge in [0.25, 0.3) is 5.91 Å². The van der Waals surface area contributed by atoms with Crippen molar-refractivity contribution in [2.24, 2.45) is 0 Å². The summed E-state index contributed by atoms with van der Waals surface area (Å²) in [7, 11) is 3.21. The van der Waals surface area contributed by atoms with Crippen LogP contribution in [0.25, 0.3) is 22.2 Å². The van der Waals surface area contributed by atoms with Crippen molar-refractivity contribution in [1.82, 2.24) is 10.3 Å². The van der Waals surface area contributed by atoms with E-state index >= 15 is 0 Å². The summed E-state index contributed by atoms with van der Waals surface area (Å²) >= 11 is 0. The zero-order chi connectivity index (χ0) is 23.9. The highest BCUT2D eigenvalue weighted by molar-refractivity contribution is 5.88. The van der Waals surface area contributed by atoms with E-state index in [4.69, 9.17) is 19.2 Å². The summed E-state index contributed by atoms with van der Waals surface area (Å²) in [4.78, 5) is 17.2. The van der Waals surface area contributed by atoms with E-state index in [0.29, 0.717) is 30.2 Å². The molecule has 3 aromatic carbocycles. The van der Waals surface area contributed by atoms with Crippen molar-refractivity contribution in [3.8, 4) is 28.5 Å². The van der Waals surface area contributed by atoms with Crippen molar-refractivity contribution in [3.63, 3.8) is 0 Å². The lowest BCUT2D eigenvalue weighted by Gasteiger charge is -2.12. The van der Waals surface area contributed by atoms with Gasteiger partial charge in [-0.05, 0) is 43.2 Å². The average molecular weight is 457 g/mol. The number of hydrogen-bond donors (Lipinski definition) is 1. The van der Waals surface area contributed by atoms with Crippen LogP contribution in [0, 0.1) is 6.92 Å². The molecule has 4 aromatic rings. The molecule has 0 spiro atoms. The first-order valence-corrected chi connectivity index (χ1v) is 11.1. The van der Waals surface area contributed by atoms with Crippen molar-refractivity contribution in [2.45, 2.75) is 13.3 Å². The normalized spacial score (nSPS) is 10.7. The fraction of sp³-hybridized carbons (Fsp3) is 0.214. The number of hydrogen-bond acceptors (Lipinski definition) is 5. The Kier molecular flexibility index (Phi) is 7.28. The zero-order valence-corrected chi connectivity index (χ0v) is 19.6. The van der Waals surface area contributed by atoms with Crippen molar-refractivity contribution in [2.75, 3.05) is 27.4 Å². The summed E-state index contributed by atoms with van der Waals surface area (Å²) in [5, 5.41) is 3.79. The largest absolute Gasteiger partial charge is 0.493 e. The third-order valence-corrected chi connectivity index (χ3v) is 5.57. The minimum atomic E-state index is -0.182. The predicted molar refractivity (Wildman–Crippen MR) is 134 cm³/mol. The summed E-state index contributed by atoms with van der Waals surface area (Å²) in [5.41, 5.74) is 4.86. The molecule has 4 rings (SSSR count). The summed E-state index contributed by atoms with van der Waals surface area (Å²) in [6.07, 6.45) is 0.669. The number of carbonyl (C=O) groups is 1. The maximum atomic E-state index is 12.5. The molecule has 6 heteroatoms. The number of aryl methyl sites for hydroxylation is 1. The number of nitrogens with one attached hydrogen (secondary N) is 1. The molecule has 0 bridgehead atoms. The lowest BCUT2D eigenvalue weighted by atomic mass is 10.1. The molecule has 0 aliphatic rings. The van der Waals surface area contributed by atoms with Gasteiger partial charge in [0.2, 0.25) is 0 Å². The number of rotatable bonds is 9. The van der Waals surface area contributed by atoms with E-state index in [1.165, 1.54) is 5.56 Å². The predicted octanol–water partition coefficient (Wildman–Crippen LogP) is 4.97. The number of para-hydroxylation sites is 1. The SMILES string of the molecule is COc1ccc(CCNC(=O)COc2cc(-c3ccc(C)cc3)nc3ccccc23)cc1OC. The second kappa shape index (κ2) is 10.7. The fourth-order valence-electron chi connectivity index (χ4n) is 3.71. The molecule has 0 saturated heterocycles. The molecule has 174 valence electrons. The van der Waals surface area contributed by atoms with Gasteiger partial charge in [-0.25, -0.2) is 4.98 Å². The van der Waals surface area contributed by atoms with E-state index in [9.17, 15) is 4.79 Å². The smallest absolute Gasteiger partial charge is 0.257 e. The lowest BCUT2D eigenvalue weighted by molar-refractivity contribution is -0.123. The Morgan fingerprint density at radius 3 is 2.41 bits per heavy atom. The summed E-state index contributed by atoms with van der Waals surface area (Å²) in [6.45, 7) is 2.46. The van der Waals surface area contributed by atoms with Crippen LogP contribution < -0.4 is 19.5 Å². The molecule has 0 aliphatic carbocycles. The Morgan fingerprint density at radius 1 is 0.882 bits per heavy atom. The van der Waals surface area contributed by atoms with Gasteiger partial charge in [-0.15, -0.1) is 0 Å². The van der Waals surface area contributed by atoms with Crippen molar-refractivity contribution < 1.29 is 19.0 Å². The molecule has 1 N–H and O–H groups in total. The molecule has 0 atom stereocenters. The molecule has 0 radical (unpaired) electrons. The molecule has 34 heavy (non-hydrogen) atoms. The topological polar surface area (TPSA) is 69.7 Å². The monoisotopic (exact) mass is 456 g/mol. The highest BCUT2D eigenvalue weighted by atomic mass is 16.5. The van der Waals surface area contributed by atoms with Gasteiger partial charge < -0.3 is 19.5 Å². The lowest BCUT2D eigenvalue weighted by Crippen LogP contribution is -2.30. The van der Waals surface area contributed by atoms with Crippen LogP contribution in [0.15, 0.2) is 72.8 Å². The van der Waals surface area contributed by atoms with E-state index in [-0.39, 0.29) is 12.5 Å². The van der Waals surface area contributed by atoms with Gasteiger partial charge >= 0.3 is 0 Å². The molecule has 1 aromatic heterocycles. The van der Waals surface area contributed by atoms with E-state index in [1.807, 2.05) is 60.7 Å². The van der Waals surface area contributed by atoms with E-state index < -0.39 is 0 Å². The highest BCUT2D eigenvalue weighted by Crippen LogP contribution is 2.30. The molecule has 0 fully saturated rings. The Morgan fingerprint density at radius 2 is 1.65 bits per heavy atom. The number of methoxy groups -OCH3 is 2. The minimum absolute atomic E-state index is 0.0761. The quantitative estimate of drug-likeness (QED) is 0.385. The number of pyridine rings is 1. The van der Waals surface area contributed by atoms with Crippen LogP contribution in [0.2, 0.25) is 0 Å². The Hall–Kier alpha value is -4.06. The van der Waals surface area contributed by atoms with Crippen LogP contribution in [0.5, 0.6) is 17.2 Å². The van der Waals surface area contributed by atoms with E-state index in [0.717, 1.165) is 27.7 Å². The summed E-state index contributed by atoms with van der Waals surface area (Å²) in [6, 6.07) is 23.6. The van der Waals surface area contributed by atoms with Crippen molar-refractivity contribution in [1.29, 1.82) is 0 Å². The number of carbonyl (C=O) groups excluding carboxylic acids is 1. The Bertz CT molecular complexity index is 1290. The van der Waals surface area contributed by atoms with Crippen molar-refractivity contribution >= 4 is 16.8 Å². The number of ether oxygens (including phenoxy) is 3. The maximum absolute atomic E-state index is 12.5. The average Bonchev–Trinajstić information content (AvgIpc) is 2.87. The molecule has 1 amide bonds. The van der Waals surface area contributed by atoms with Gasteiger partial charge in [0.1, 0.15) is 5.75 Å². The van der Waals surface area contributed by atoms with Crippen LogP contribution in [-0.2, 0) is 11.2 Å². The zero-order valence-electron chi connectivity index (χ0n) is 19.6. The van der Waals surface area contributed by atoms with Gasteiger partial charge in [0.15, 0.2) is 18.1 Å². The van der Waals surface area contributed by atoms with Crippen LogP contribution in [0.4, 0.5) is 0 Å². The number of amides is 1. The molecule has 0 aliphatic heterocycles. The van der Waals surface area contributed by atoms with Crippen LogP contribution in [-0.4, -0.2) is 38.3 Å². The van der Waals surface area contributed by atoms with Gasteiger partial charge in [-0.3, -0.25) is 4.79 Å². The first-order valence-electron chi connectivity index (χ1n) is 11.1. The van der Waals surface area contributed by atoms with Gasteiger partial charge in [-0.1, -0.05) is 48.0 Å². The number of benzene rings is 3. The van der Waals surface area contributed by atoms with Crippen LogP contribution in [0.3, 0.4) is 0 Å². The van der Waals surface area contributed by atoms with E-state index in [2.05, 4.69) is 24.4 Å². The first kappa shape index (κ1) is 23.1. The molecule has 0 unspecified atom stereocenters. The molecule has 0 saturated carbocycles. The standard InChI is InChI=1S/C28H28N2O4/c1-19-8-11-21(12-9-19)24-17-26(22-6-4-5-7-23(22)30-24)34-18-28(31)29-15-14-20-10-13-25(32-2)27(16-20)33-3/h4-13,16-17H,14-15,18H2,1-3H3,(H,29,31). The number of fused-ring (bicyclic) bond motifs is 1. The Balaban J connectivity index is 1.40. The number of nitrogens with zero attached hydrogens (tertiary/aromatic N) is 1. The third-order valence-electron chi connectivity index (χ3n) is 5.57. The maximum Gasteiger partial charge on any atom is 0.257 e. The third kappa shape index (κ3) is 5.46. The van der Waals surface area contributed by atoms with Crippen LogP contribution in [0.1, 0.15) is 11.1 Å². The number of aromatic nitrogens is 1.